The van der Waals surface area contributed by atoms with E-state index in [1.807, 2.05) is 19.9 Å². The van der Waals surface area contributed by atoms with Gasteiger partial charge in [-0.3, -0.25) is 4.79 Å². The van der Waals surface area contributed by atoms with Crippen molar-refractivity contribution in [3.63, 3.8) is 0 Å². The number of halogens is 2. The summed E-state index contributed by atoms with van der Waals surface area (Å²) in [5.74, 6) is -0.294. The number of benzene rings is 2. The Morgan fingerprint density at radius 3 is 2.45 bits per heavy atom. The summed E-state index contributed by atoms with van der Waals surface area (Å²) < 4.78 is 0. The van der Waals surface area contributed by atoms with E-state index in [1.54, 1.807) is 18.2 Å². The third-order valence-electron chi connectivity index (χ3n) is 3.04. The van der Waals surface area contributed by atoms with Crippen molar-refractivity contribution in [1.82, 2.24) is 0 Å². The van der Waals surface area contributed by atoms with Crippen LogP contribution in [0.2, 0.25) is 10.0 Å². The van der Waals surface area contributed by atoms with Gasteiger partial charge in [-0.15, -0.1) is 0 Å². The number of aryl methyl sites for hydroxylation is 2. The largest absolute Gasteiger partial charge is 0.398 e. The molecule has 2 rings (SSSR count). The second-order valence-corrected chi connectivity index (χ2v) is 5.45. The maximum Gasteiger partial charge on any atom is 0.257 e. The van der Waals surface area contributed by atoms with Gasteiger partial charge in [0.15, 0.2) is 0 Å². The Morgan fingerprint density at radius 1 is 1.10 bits per heavy atom. The summed E-state index contributed by atoms with van der Waals surface area (Å²) >= 11 is 11.8. The molecule has 0 atom stereocenters. The van der Waals surface area contributed by atoms with Gasteiger partial charge in [-0.05, 0) is 49.2 Å². The first-order valence-electron chi connectivity index (χ1n) is 6.01. The zero-order chi connectivity index (χ0) is 14.9. The van der Waals surface area contributed by atoms with Crippen LogP contribution in [-0.2, 0) is 0 Å². The molecule has 0 aliphatic heterocycles. The molecule has 0 aliphatic carbocycles. The molecule has 0 saturated carbocycles. The molecule has 0 unspecified atom stereocenters. The molecule has 20 heavy (non-hydrogen) atoms. The molecule has 2 aromatic rings. The number of rotatable bonds is 2. The topological polar surface area (TPSA) is 55.1 Å². The SMILES string of the molecule is Cc1cc(C)c(NC(=O)c2ccc(Cl)cc2Cl)cc1N. The summed E-state index contributed by atoms with van der Waals surface area (Å²) in [5, 5.41) is 3.61. The number of carbonyl (C=O) groups is 1. The fourth-order valence-corrected chi connectivity index (χ4v) is 2.36. The minimum absolute atomic E-state index is 0.294. The molecule has 1 amide bonds. The molecule has 2 aromatic carbocycles. The first-order valence-corrected chi connectivity index (χ1v) is 6.77. The molecule has 104 valence electrons. The fourth-order valence-electron chi connectivity index (χ4n) is 1.87. The smallest absolute Gasteiger partial charge is 0.257 e. The van der Waals surface area contributed by atoms with Gasteiger partial charge < -0.3 is 11.1 Å². The van der Waals surface area contributed by atoms with E-state index in [4.69, 9.17) is 28.9 Å². The van der Waals surface area contributed by atoms with Crippen molar-refractivity contribution < 1.29 is 4.79 Å². The Morgan fingerprint density at radius 2 is 1.80 bits per heavy atom. The Hall–Kier alpha value is -1.71. The van der Waals surface area contributed by atoms with E-state index in [0.717, 1.165) is 11.1 Å². The predicted molar refractivity (Wildman–Crippen MR) is 84.7 cm³/mol. The first kappa shape index (κ1) is 14.7. The van der Waals surface area contributed by atoms with Crippen LogP contribution in [-0.4, -0.2) is 5.91 Å². The van der Waals surface area contributed by atoms with E-state index in [2.05, 4.69) is 5.32 Å². The summed E-state index contributed by atoms with van der Waals surface area (Å²) in [7, 11) is 0. The Balaban J connectivity index is 2.30. The second kappa shape index (κ2) is 5.73. The number of amides is 1. The number of anilines is 2. The lowest BCUT2D eigenvalue weighted by atomic mass is 10.1. The van der Waals surface area contributed by atoms with Crippen LogP contribution in [0.15, 0.2) is 30.3 Å². The second-order valence-electron chi connectivity index (χ2n) is 4.60. The van der Waals surface area contributed by atoms with E-state index in [1.165, 1.54) is 6.07 Å². The molecule has 0 aliphatic rings. The maximum atomic E-state index is 12.2. The standard InChI is InChI=1S/C15H14Cl2N2O/c1-8-5-9(2)14(7-13(8)18)19-15(20)11-4-3-10(16)6-12(11)17/h3-7H,18H2,1-2H3,(H,19,20). The van der Waals surface area contributed by atoms with E-state index in [9.17, 15) is 4.79 Å². The van der Waals surface area contributed by atoms with Crippen molar-refractivity contribution in [3.05, 3.63) is 57.1 Å². The monoisotopic (exact) mass is 308 g/mol. The molecule has 0 aromatic heterocycles. The van der Waals surface area contributed by atoms with Gasteiger partial charge in [-0.25, -0.2) is 0 Å². The van der Waals surface area contributed by atoms with Crippen LogP contribution in [0, 0.1) is 13.8 Å². The maximum absolute atomic E-state index is 12.2. The normalized spacial score (nSPS) is 10.4. The molecule has 0 spiro atoms. The van der Waals surface area contributed by atoms with Gasteiger partial charge in [0.2, 0.25) is 0 Å². The molecule has 0 saturated heterocycles. The summed E-state index contributed by atoms with van der Waals surface area (Å²) in [5.41, 5.74) is 9.45. The van der Waals surface area contributed by atoms with Crippen LogP contribution in [0.3, 0.4) is 0 Å². The van der Waals surface area contributed by atoms with Gasteiger partial charge >= 0.3 is 0 Å². The van der Waals surface area contributed by atoms with Gasteiger partial charge in [0, 0.05) is 16.4 Å². The van der Waals surface area contributed by atoms with Crippen LogP contribution in [0.25, 0.3) is 0 Å². The summed E-state index contributed by atoms with van der Waals surface area (Å²) in [4.78, 5) is 12.2. The molecule has 3 N–H and O–H groups in total. The molecule has 0 radical (unpaired) electrons. The fraction of sp³-hybridized carbons (Fsp3) is 0.133. The Bertz CT molecular complexity index is 684. The quantitative estimate of drug-likeness (QED) is 0.806. The molecule has 0 heterocycles. The number of nitrogen functional groups attached to an aromatic ring is 1. The molecule has 3 nitrogen and oxygen atoms in total. The molecular formula is C15H14Cl2N2O. The van der Waals surface area contributed by atoms with Crippen molar-refractivity contribution in [2.24, 2.45) is 0 Å². The number of hydrogen-bond acceptors (Lipinski definition) is 2. The number of carbonyl (C=O) groups excluding carboxylic acids is 1. The lowest BCUT2D eigenvalue weighted by Gasteiger charge is -2.12. The highest BCUT2D eigenvalue weighted by molar-refractivity contribution is 6.37. The molecule has 0 bridgehead atoms. The highest BCUT2D eigenvalue weighted by Gasteiger charge is 2.12. The van der Waals surface area contributed by atoms with Gasteiger partial charge in [-0.1, -0.05) is 29.3 Å². The average Bonchev–Trinajstić information content (AvgIpc) is 2.35. The van der Waals surface area contributed by atoms with Crippen LogP contribution < -0.4 is 11.1 Å². The summed E-state index contributed by atoms with van der Waals surface area (Å²) in [6.45, 7) is 3.83. The molecule has 0 fully saturated rings. The zero-order valence-corrected chi connectivity index (χ0v) is 12.6. The van der Waals surface area contributed by atoms with Crippen LogP contribution in [0.5, 0.6) is 0 Å². The Labute approximate surface area is 127 Å². The Kier molecular flexibility index (Phi) is 4.21. The van der Waals surface area contributed by atoms with Gasteiger partial charge in [0.05, 0.1) is 10.6 Å². The van der Waals surface area contributed by atoms with E-state index in [-0.39, 0.29) is 5.91 Å². The van der Waals surface area contributed by atoms with Gasteiger partial charge in [0.25, 0.3) is 5.91 Å². The average molecular weight is 309 g/mol. The van der Waals surface area contributed by atoms with Crippen LogP contribution in [0.4, 0.5) is 11.4 Å². The number of nitrogens with one attached hydrogen (secondary N) is 1. The highest BCUT2D eigenvalue weighted by atomic mass is 35.5. The van der Waals surface area contributed by atoms with Gasteiger partial charge in [0.1, 0.15) is 0 Å². The predicted octanol–water partition coefficient (Wildman–Crippen LogP) is 4.44. The van der Waals surface area contributed by atoms with E-state index in [0.29, 0.717) is 27.0 Å². The van der Waals surface area contributed by atoms with Crippen molar-refractivity contribution in [2.45, 2.75) is 13.8 Å². The highest BCUT2D eigenvalue weighted by Crippen LogP contribution is 2.25. The lowest BCUT2D eigenvalue weighted by Crippen LogP contribution is -2.13. The lowest BCUT2D eigenvalue weighted by molar-refractivity contribution is 0.102. The minimum Gasteiger partial charge on any atom is -0.398 e. The van der Waals surface area contributed by atoms with Crippen molar-refractivity contribution >= 4 is 40.5 Å². The third-order valence-corrected chi connectivity index (χ3v) is 3.58. The summed E-state index contributed by atoms with van der Waals surface area (Å²) in [6, 6.07) is 8.42. The third kappa shape index (κ3) is 3.06. The minimum atomic E-state index is -0.294. The number of nitrogens with two attached hydrogens (primary N) is 1. The first-order chi connectivity index (χ1) is 9.38. The van der Waals surface area contributed by atoms with Gasteiger partial charge in [-0.2, -0.15) is 0 Å². The van der Waals surface area contributed by atoms with Crippen LogP contribution in [0.1, 0.15) is 21.5 Å². The molecule has 5 heteroatoms. The number of hydrogen-bond donors (Lipinski definition) is 2. The zero-order valence-electron chi connectivity index (χ0n) is 11.1. The van der Waals surface area contributed by atoms with Crippen molar-refractivity contribution in [1.29, 1.82) is 0 Å². The van der Waals surface area contributed by atoms with E-state index >= 15 is 0 Å². The van der Waals surface area contributed by atoms with E-state index < -0.39 is 0 Å². The molecular weight excluding hydrogens is 295 g/mol. The van der Waals surface area contributed by atoms with Crippen molar-refractivity contribution in [2.75, 3.05) is 11.1 Å². The van der Waals surface area contributed by atoms with Crippen molar-refractivity contribution in [3.8, 4) is 0 Å². The van der Waals surface area contributed by atoms with Crippen LogP contribution >= 0.6 is 23.2 Å². The summed E-state index contributed by atoms with van der Waals surface area (Å²) in [6.07, 6.45) is 0.